The van der Waals surface area contributed by atoms with Crippen LogP contribution in [-0.4, -0.2) is 46.1 Å². The van der Waals surface area contributed by atoms with Crippen molar-refractivity contribution in [2.24, 2.45) is 5.73 Å². The largest absolute Gasteiger partial charge is 0.394 e. The maximum absolute atomic E-state index is 12.9. The van der Waals surface area contributed by atoms with Gasteiger partial charge in [-0.15, -0.1) is 0 Å². The Labute approximate surface area is 96.2 Å². The molecule has 5 N–H and O–H groups in total. The fourth-order valence-electron chi connectivity index (χ4n) is 1.20. The van der Waals surface area contributed by atoms with Crippen molar-refractivity contribution >= 4 is 5.91 Å². The molecule has 0 saturated carbocycles. The van der Waals surface area contributed by atoms with Gasteiger partial charge in [-0.25, -0.2) is 4.98 Å². The highest BCUT2D eigenvalue weighted by atomic mass is 19.3. The molecule has 0 fully saturated rings. The Balaban J connectivity index is 2.55. The molecule has 6 nitrogen and oxygen atoms in total. The predicted octanol–water partition coefficient (Wildman–Crippen LogP) is -0.977. The van der Waals surface area contributed by atoms with E-state index in [1.54, 1.807) is 6.20 Å². The van der Waals surface area contributed by atoms with Gasteiger partial charge in [0.25, 0.3) is 5.91 Å². The predicted molar refractivity (Wildman–Crippen MR) is 55.3 cm³/mol. The van der Waals surface area contributed by atoms with E-state index in [1.807, 2.05) is 5.32 Å². The van der Waals surface area contributed by atoms with Crippen LogP contribution in [0, 0.1) is 0 Å². The Hall–Kier alpha value is -1.54. The van der Waals surface area contributed by atoms with Crippen LogP contribution < -0.4 is 11.1 Å². The number of aromatic amines is 1. The van der Waals surface area contributed by atoms with Gasteiger partial charge in [0.1, 0.15) is 0 Å². The van der Waals surface area contributed by atoms with Gasteiger partial charge >= 0.3 is 5.92 Å². The van der Waals surface area contributed by atoms with Crippen LogP contribution >= 0.6 is 0 Å². The quantitative estimate of drug-likeness (QED) is 0.519. The average Bonchev–Trinajstić information content (AvgIpc) is 2.80. The molecule has 1 rings (SSSR count). The van der Waals surface area contributed by atoms with Crippen molar-refractivity contribution in [2.45, 2.75) is 18.4 Å². The average molecular weight is 248 g/mol. The van der Waals surface area contributed by atoms with Crippen molar-refractivity contribution in [3.05, 3.63) is 18.2 Å². The van der Waals surface area contributed by atoms with Crippen LogP contribution in [0.25, 0.3) is 0 Å². The standard InChI is InChI=1S/C9H14F2N4O2/c10-9(11,4-12)8(17)15-7(3-16)1-6-2-13-5-14-6/h2,5,7,16H,1,3-4,12H2,(H,13,14)(H,15,17). The molecule has 0 radical (unpaired) electrons. The molecule has 0 aliphatic heterocycles. The number of amides is 1. The number of carbonyl (C=O) groups is 1. The van der Waals surface area contributed by atoms with Crippen molar-refractivity contribution in [3.63, 3.8) is 0 Å². The molecular weight excluding hydrogens is 234 g/mol. The summed E-state index contributed by atoms with van der Waals surface area (Å²) >= 11 is 0. The molecule has 0 bridgehead atoms. The van der Waals surface area contributed by atoms with Gasteiger partial charge in [0.05, 0.1) is 31.2 Å². The van der Waals surface area contributed by atoms with Crippen LogP contribution in [0.2, 0.25) is 0 Å². The minimum absolute atomic E-state index is 0.159. The summed E-state index contributed by atoms with van der Waals surface area (Å²) in [6.07, 6.45) is 3.13. The molecule has 0 saturated heterocycles. The summed E-state index contributed by atoms with van der Waals surface area (Å²) in [6.45, 7) is -1.53. The highest BCUT2D eigenvalue weighted by Gasteiger charge is 2.37. The second-order valence-electron chi connectivity index (χ2n) is 3.53. The number of aliphatic hydroxyl groups excluding tert-OH is 1. The van der Waals surface area contributed by atoms with Gasteiger partial charge in [-0.2, -0.15) is 8.78 Å². The molecule has 0 aliphatic rings. The molecule has 1 aromatic rings. The lowest BCUT2D eigenvalue weighted by molar-refractivity contribution is -0.145. The minimum Gasteiger partial charge on any atom is -0.394 e. The highest BCUT2D eigenvalue weighted by Crippen LogP contribution is 2.11. The lowest BCUT2D eigenvalue weighted by Gasteiger charge is -2.19. The third kappa shape index (κ3) is 3.75. The third-order valence-corrected chi connectivity index (χ3v) is 2.15. The number of nitrogens with zero attached hydrogens (tertiary/aromatic N) is 1. The Morgan fingerprint density at radius 1 is 1.71 bits per heavy atom. The summed E-state index contributed by atoms with van der Waals surface area (Å²) in [5, 5.41) is 11.0. The van der Waals surface area contributed by atoms with E-state index in [2.05, 4.69) is 9.97 Å². The number of imidazole rings is 1. The zero-order chi connectivity index (χ0) is 12.9. The van der Waals surface area contributed by atoms with E-state index in [4.69, 9.17) is 10.8 Å². The number of rotatable bonds is 6. The van der Waals surface area contributed by atoms with Crippen LogP contribution in [0.1, 0.15) is 5.69 Å². The monoisotopic (exact) mass is 248 g/mol. The van der Waals surface area contributed by atoms with E-state index >= 15 is 0 Å². The fourth-order valence-corrected chi connectivity index (χ4v) is 1.20. The number of nitrogens with one attached hydrogen (secondary N) is 2. The minimum atomic E-state index is -3.63. The number of hydrogen-bond acceptors (Lipinski definition) is 4. The molecule has 1 heterocycles. The number of nitrogens with two attached hydrogens (primary N) is 1. The molecule has 1 aromatic heterocycles. The molecule has 1 atom stereocenters. The third-order valence-electron chi connectivity index (χ3n) is 2.15. The second-order valence-corrected chi connectivity index (χ2v) is 3.53. The Morgan fingerprint density at radius 3 is 2.88 bits per heavy atom. The van der Waals surface area contributed by atoms with Crippen molar-refractivity contribution in [3.8, 4) is 0 Å². The number of halogens is 2. The molecule has 96 valence electrons. The molecule has 1 unspecified atom stereocenters. The zero-order valence-corrected chi connectivity index (χ0v) is 8.99. The highest BCUT2D eigenvalue weighted by molar-refractivity contribution is 5.83. The number of aromatic nitrogens is 2. The Bertz CT molecular complexity index is 356. The van der Waals surface area contributed by atoms with E-state index in [-0.39, 0.29) is 6.42 Å². The number of H-pyrrole nitrogens is 1. The summed E-state index contributed by atoms with van der Waals surface area (Å²) < 4.78 is 25.8. The number of hydrogen-bond donors (Lipinski definition) is 4. The number of alkyl halides is 2. The van der Waals surface area contributed by atoms with Gasteiger partial charge in [0, 0.05) is 12.6 Å². The van der Waals surface area contributed by atoms with Crippen molar-refractivity contribution in [2.75, 3.05) is 13.2 Å². The van der Waals surface area contributed by atoms with Crippen LogP contribution in [0.3, 0.4) is 0 Å². The molecule has 17 heavy (non-hydrogen) atoms. The van der Waals surface area contributed by atoms with E-state index in [0.717, 1.165) is 0 Å². The van der Waals surface area contributed by atoms with E-state index < -0.39 is 31.0 Å². The van der Waals surface area contributed by atoms with Crippen LogP contribution in [0.15, 0.2) is 12.5 Å². The summed E-state index contributed by atoms with van der Waals surface area (Å²) in [6, 6.07) is -0.816. The zero-order valence-electron chi connectivity index (χ0n) is 8.99. The Kier molecular flexibility index (Phi) is 4.53. The molecule has 0 aliphatic carbocycles. The lowest BCUT2D eigenvalue weighted by Crippen LogP contribution is -2.50. The van der Waals surface area contributed by atoms with Gasteiger partial charge in [0.15, 0.2) is 0 Å². The van der Waals surface area contributed by atoms with Gasteiger partial charge < -0.3 is 21.1 Å². The summed E-state index contributed by atoms with van der Waals surface area (Å²) in [5.74, 6) is -5.12. The number of aliphatic hydroxyl groups is 1. The van der Waals surface area contributed by atoms with Crippen LogP contribution in [0.5, 0.6) is 0 Å². The molecule has 0 spiro atoms. The van der Waals surface area contributed by atoms with Crippen molar-refractivity contribution < 1.29 is 18.7 Å². The number of carbonyl (C=O) groups excluding carboxylic acids is 1. The molecular formula is C9H14F2N4O2. The first-order valence-electron chi connectivity index (χ1n) is 4.97. The first kappa shape index (κ1) is 13.5. The summed E-state index contributed by atoms with van der Waals surface area (Å²) in [4.78, 5) is 17.7. The van der Waals surface area contributed by atoms with Gasteiger partial charge in [-0.05, 0) is 0 Å². The van der Waals surface area contributed by atoms with Gasteiger partial charge in [0.2, 0.25) is 0 Å². The van der Waals surface area contributed by atoms with Crippen molar-refractivity contribution in [1.29, 1.82) is 0 Å². The first-order chi connectivity index (χ1) is 7.99. The smallest absolute Gasteiger partial charge is 0.336 e. The maximum Gasteiger partial charge on any atom is 0.336 e. The van der Waals surface area contributed by atoms with Crippen molar-refractivity contribution in [1.82, 2.24) is 15.3 Å². The van der Waals surface area contributed by atoms with Crippen LogP contribution in [-0.2, 0) is 11.2 Å². The summed E-state index contributed by atoms with van der Waals surface area (Å²) in [7, 11) is 0. The molecule has 1 amide bonds. The molecule has 0 aromatic carbocycles. The van der Waals surface area contributed by atoms with E-state index in [0.29, 0.717) is 5.69 Å². The normalized spacial score (nSPS) is 13.4. The maximum atomic E-state index is 12.9. The van der Waals surface area contributed by atoms with Gasteiger partial charge in [-0.1, -0.05) is 0 Å². The van der Waals surface area contributed by atoms with Gasteiger partial charge in [-0.3, -0.25) is 4.79 Å². The Morgan fingerprint density at radius 2 is 2.41 bits per heavy atom. The fraction of sp³-hybridized carbons (Fsp3) is 0.556. The summed E-state index contributed by atoms with van der Waals surface area (Å²) in [5.41, 5.74) is 5.33. The van der Waals surface area contributed by atoms with Crippen LogP contribution in [0.4, 0.5) is 8.78 Å². The topological polar surface area (TPSA) is 104 Å². The first-order valence-corrected chi connectivity index (χ1v) is 4.97. The van der Waals surface area contributed by atoms with E-state index in [9.17, 15) is 13.6 Å². The lowest BCUT2D eigenvalue weighted by atomic mass is 10.1. The molecule has 8 heteroatoms. The van der Waals surface area contributed by atoms with E-state index in [1.165, 1.54) is 6.33 Å². The second kappa shape index (κ2) is 5.69. The SMILES string of the molecule is NCC(F)(F)C(=O)NC(CO)Cc1c[nH]cn1.